The summed E-state index contributed by atoms with van der Waals surface area (Å²) in [7, 11) is 1.51. The van der Waals surface area contributed by atoms with E-state index in [0.29, 0.717) is 11.3 Å². The lowest BCUT2D eigenvalue weighted by Gasteiger charge is -2.17. The summed E-state index contributed by atoms with van der Waals surface area (Å²) in [4.78, 5) is 4.27. The molecule has 0 saturated carbocycles. The topological polar surface area (TPSA) is 48.1 Å². The Labute approximate surface area is 122 Å². The van der Waals surface area contributed by atoms with Crippen LogP contribution in [0.3, 0.4) is 0 Å². The molecule has 2 N–H and O–H groups in total. The summed E-state index contributed by atoms with van der Waals surface area (Å²) < 4.78 is 19.3. The molecular formula is C17H15FN2O. The molecule has 3 nitrogen and oxygen atoms in total. The molecule has 0 aliphatic carbocycles. The summed E-state index contributed by atoms with van der Waals surface area (Å²) >= 11 is 0. The lowest BCUT2D eigenvalue weighted by atomic mass is 9.97. The van der Waals surface area contributed by atoms with Gasteiger partial charge in [0, 0.05) is 11.6 Å². The molecule has 106 valence electrons. The second-order valence-electron chi connectivity index (χ2n) is 4.79. The maximum atomic E-state index is 14.1. The van der Waals surface area contributed by atoms with E-state index in [4.69, 9.17) is 10.5 Å². The number of nitrogens with zero attached hydrogens (tertiary/aromatic N) is 1. The monoisotopic (exact) mass is 282 g/mol. The lowest BCUT2D eigenvalue weighted by molar-refractivity contribution is 0.402. The van der Waals surface area contributed by atoms with Crippen molar-refractivity contribution in [1.82, 2.24) is 4.98 Å². The number of fused-ring (bicyclic) bond motifs is 1. The van der Waals surface area contributed by atoms with Gasteiger partial charge in [0.25, 0.3) is 0 Å². The van der Waals surface area contributed by atoms with Gasteiger partial charge in [0.2, 0.25) is 0 Å². The molecular weight excluding hydrogens is 267 g/mol. The van der Waals surface area contributed by atoms with Gasteiger partial charge in [-0.05, 0) is 35.9 Å². The third-order valence-electron chi connectivity index (χ3n) is 3.53. The van der Waals surface area contributed by atoms with Crippen molar-refractivity contribution < 1.29 is 9.13 Å². The minimum Gasteiger partial charge on any atom is -0.496 e. The van der Waals surface area contributed by atoms with Gasteiger partial charge in [0.05, 0.1) is 24.2 Å². The Balaban J connectivity index is 2.10. The van der Waals surface area contributed by atoms with E-state index >= 15 is 0 Å². The number of methoxy groups -OCH3 is 1. The fourth-order valence-electron chi connectivity index (χ4n) is 2.45. The normalized spacial score (nSPS) is 12.3. The second kappa shape index (κ2) is 5.50. The number of rotatable bonds is 3. The van der Waals surface area contributed by atoms with Crippen LogP contribution in [0.2, 0.25) is 0 Å². The van der Waals surface area contributed by atoms with Crippen molar-refractivity contribution in [3.05, 3.63) is 71.7 Å². The molecule has 0 radical (unpaired) electrons. The molecule has 1 atom stereocenters. The molecule has 0 aliphatic heterocycles. The second-order valence-corrected chi connectivity index (χ2v) is 4.79. The van der Waals surface area contributed by atoms with E-state index in [1.54, 1.807) is 18.3 Å². The quantitative estimate of drug-likeness (QED) is 0.800. The molecule has 0 amide bonds. The first-order valence-corrected chi connectivity index (χ1v) is 6.63. The number of hydrogen-bond donors (Lipinski definition) is 1. The Morgan fingerprint density at radius 3 is 2.81 bits per heavy atom. The Morgan fingerprint density at radius 1 is 1.14 bits per heavy atom. The van der Waals surface area contributed by atoms with Crippen LogP contribution in [-0.4, -0.2) is 12.1 Å². The van der Waals surface area contributed by atoms with E-state index in [2.05, 4.69) is 4.98 Å². The molecule has 2 aromatic carbocycles. The molecule has 3 aromatic rings. The summed E-state index contributed by atoms with van der Waals surface area (Å²) in [6.07, 6.45) is 1.74. The summed E-state index contributed by atoms with van der Waals surface area (Å²) in [6.45, 7) is 0. The molecule has 3 rings (SSSR count). The van der Waals surface area contributed by atoms with Gasteiger partial charge < -0.3 is 10.5 Å². The molecule has 1 heterocycles. The Morgan fingerprint density at radius 2 is 2.00 bits per heavy atom. The molecule has 21 heavy (non-hydrogen) atoms. The Hall–Kier alpha value is -2.46. The third-order valence-corrected chi connectivity index (χ3v) is 3.53. The molecule has 0 saturated heterocycles. The highest BCUT2D eigenvalue weighted by atomic mass is 19.1. The molecule has 1 unspecified atom stereocenters. The Bertz CT molecular complexity index is 789. The van der Waals surface area contributed by atoms with Crippen molar-refractivity contribution in [2.24, 2.45) is 5.73 Å². The van der Waals surface area contributed by atoms with Gasteiger partial charge in [-0.1, -0.05) is 18.2 Å². The molecule has 1 aromatic heterocycles. The van der Waals surface area contributed by atoms with Crippen LogP contribution in [0.15, 0.2) is 54.7 Å². The first-order valence-electron chi connectivity index (χ1n) is 6.63. The average molecular weight is 282 g/mol. The van der Waals surface area contributed by atoms with Crippen molar-refractivity contribution in [2.45, 2.75) is 6.04 Å². The van der Waals surface area contributed by atoms with Gasteiger partial charge in [0.1, 0.15) is 11.6 Å². The van der Waals surface area contributed by atoms with Crippen LogP contribution in [0.5, 0.6) is 5.75 Å². The van der Waals surface area contributed by atoms with Crippen molar-refractivity contribution in [2.75, 3.05) is 7.11 Å². The number of pyridine rings is 1. The van der Waals surface area contributed by atoms with E-state index in [1.807, 2.05) is 30.3 Å². The molecule has 0 bridgehead atoms. The highest BCUT2D eigenvalue weighted by Crippen LogP contribution is 2.31. The predicted molar refractivity (Wildman–Crippen MR) is 80.7 cm³/mol. The van der Waals surface area contributed by atoms with E-state index in [9.17, 15) is 4.39 Å². The molecule has 0 fully saturated rings. The van der Waals surface area contributed by atoms with E-state index in [1.165, 1.54) is 13.2 Å². The maximum Gasteiger partial charge on any atom is 0.132 e. The molecule has 4 heteroatoms. The van der Waals surface area contributed by atoms with E-state index in [-0.39, 0.29) is 5.82 Å². The smallest absolute Gasteiger partial charge is 0.132 e. The molecule has 0 spiro atoms. The number of nitrogens with two attached hydrogens (primary N) is 1. The van der Waals surface area contributed by atoms with Crippen LogP contribution in [0, 0.1) is 5.82 Å². The molecule has 0 aliphatic rings. The van der Waals surface area contributed by atoms with Crippen LogP contribution >= 0.6 is 0 Å². The number of ether oxygens (including phenoxy) is 1. The highest BCUT2D eigenvalue weighted by Gasteiger charge is 2.18. The first kappa shape index (κ1) is 13.5. The Kier molecular flexibility index (Phi) is 3.54. The van der Waals surface area contributed by atoms with Crippen molar-refractivity contribution in [3.63, 3.8) is 0 Å². The fourth-order valence-corrected chi connectivity index (χ4v) is 2.45. The lowest BCUT2D eigenvalue weighted by Crippen LogP contribution is -2.15. The van der Waals surface area contributed by atoms with Crippen LogP contribution < -0.4 is 10.5 Å². The van der Waals surface area contributed by atoms with Gasteiger partial charge >= 0.3 is 0 Å². The van der Waals surface area contributed by atoms with Gasteiger partial charge in [-0.25, -0.2) is 4.39 Å². The number of halogens is 1. The van der Waals surface area contributed by atoms with Crippen LogP contribution in [0.1, 0.15) is 17.2 Å². The average Bonchev–Trinajstić information content (AvgIpc) is 2.53. The van der Waals surface area contributed by atoms with Gasteiger partial charge in [0.15, 0.2) is 0 Å². The zero-order valence-corrected chi connectivity index (χ0v) is 11.6. The summed E-state index contributed by atoms with van der Waals surface area (Å²) in [6, 6.07) is 13.6. The van der Waals surface area contributed by atoms with Crippen LogP contribution in [-0.2, 0) is 0 Å². The predicted octanol–water partition coefficient (Wildman–Crippen LogP) is 3.43. The first-order chi connectivity index (χ1) is 10.2. The zero-order chi connectivity index (χ0) is 14.8. The van der Waals surface area contributed by atoms with Crippen LogP contribution in [0.25, 0.3) is 10.9 Å². The van der Waals surface area contributed by atoms with E-state index in [0.717, 1.165) is 16.5 Å². The number of benzene rings is 2. The SMILES string of the molecule is COc1cccc(F)c1C(N)c1ccc2ncccc2c1. The number of aromatic nitrogens is 1. The van der Waals surface area contributed by atoms with Gasteiger partial charge in [-0.2, -0.15) is 0 Å². The van der Waals surface area contributed by atoms with Gasteiger partial charge in [-0.3, -0.25) is 4.98 Å². The van der Waals surface area contributed by atoms with Crippen molar-refractivity contribution >= 4 is 10.9 Å². The van der Waals surface area contributed by atoms with Gasteiger partial charge in [-0.15, -0.1) is 0 Å². The minimum absolute atomic E-state index is 0.364. The zero-order valence-electron chi connectivity index (χ0n) is 11.6. The minimum atomic E-state index is -0.592. The third kappa shape index (κ3) is 2.45. The maximum absolute atomic E-state index is 14.1. The number of hydrogen-bond acceptors (Lipinski definition) is 3. The highest BCUT2D eigenvalue weighted by molar-refractivity contribution is 5.79. The summed E-state index contributed by atoms with van der Waals surface area (Å²) in [5, 5.41) is 0.973. The summed E-state index contributed by atoms with van der Waals surface area (Å²) in [5.41, 5.74) is 8.31. The van der Waals surface area contributed by atoms with Crippen LogP contribution in [0.4, 0.5) is 4.39 Å². The standard InChI is InChI=1S/C17H15FN2O/c1-21-15-6-2-5-13(18)16(15)17(19)12-7-8-14-11(10-12)4-3-9-20-14/h2-10,17H,19H2,1H3. The van der Waals surface area contributed by atoms with Crippen molar-refractivity contribution in [3.8, 4) is 5.75 Å². The fraction of sp³-hybridized carbons (Fsp3) is 0.118. The summed E-state index contributed by atoms with van der Waals surface area (Å²) in [5.74, 6) is 0.0851. The van der Waals surface area contributed by atoms with E-state index < -0.39 is 6.04 Å². The van der Waals surface area contributed by atoms with Crippen molar-refractivity contribution in [1.29, 1.82) is 0 Å². The largest absolute Gasteiger partial charge is 0.496 e.